The van der Waals surface area contributed by atoms with Crippen molar-refractivity contribution in [2.24, 2.45) is 0 Å². The number of aromatic nitrogens is 3. The van der Waals surface area contributed by atoms with E-state index in [0.29, 0.717) is 29.0 Å². The van der Waals surface area contributed by atoms with E-state index in [9.17, 15) is 4.79 Å². The van der Waals surface area contributed by atoms with E-state index in [4.69, 9.17) is 9.47 Å². The highest BCUT2D eigenvalue weighted by Crippen LogP contribution is 2.36. The molecule has 4 rings (SSSR count). The topological polar surface area (TPSA) is 78.3 Å². The third-order valence-corrected chi connectivity index (χ3v) is 5.61. The van der Waals surface area contributed by atoms with Gasteiger partial charge in [0.15, 0.2) is 22.5 Å². The van der Waals surface area contributed by atoms with Crippen LogP contribution in [0.2, 0.25) is 0 Å². The van der Waals surface area contributed by atoms with Gasteiger partial charge >= 0.3 is 0 Å². The number of amides is 1. The van der Waals surface area contributed by atoms with E-state index in [0.717, 1.165) is 22.4 Å². The summed E-state index contributed by atoms with van der Waals surface area (Å²) in [6, 6.07) is 11.6. The van der Waals surface area contributed by atoms with Gasteiger partial charge in [-0.15, -0.1) is 16.8 Å². The number of nitrogens with zero attached hydrogens (tertiary/aromatic N) is 3. The van der Waals surface area contributed by atoms with Gasteiger partial charge < -0.3 is 14.8 Å². The van der Waals surface area contributed by atoms with Crippen LogP contribution >= 0.6 is 11.8 Å². The van der Waals surface area contributed by atoms with Crippen molar-refractivity contribution in [3.63, 3.8) is 0 Å². The number of hydrogen-bond acceptors (Lipinski definition) is 6. The quantitative estimate of drug-likeness (QED) is 0.454. The SMILES string of the molecule is C=CCn1c(SCC(=O)Nc2ccc(C)cc2C)nnc1-c1ccc2c(c1)OCO2. The maximum atomic E-state index is 12.5. The first-order valence-electron chi connectivity index (χ1n) is 9.49. The maximum Gasteiger partial charge on any atom is 0.234 e. The van der Waals surface area contributed by atoms with Gasteiger partial charge in [0.1, 0.15) is 0 Å². The van der Waals surface area contributed by atoms with Crippen LogP contribution in [0.25, 0.3) is 11.4 Å². The fourth-order valence-corrected chi connectivity index (χ4v) is 3.96. The Kier molecular flexibility index (Phi) is 5.76. The summed E-state index contributed by atoms with van der Waals surface area (Å²) in [4.78, 5) is 12.5. The summed E-state index contributed by atoms with van der Waals surface area (Å²) in [7, 11) is 0. The smallest absolute Gasteiger partial charge is 0.234 e. The second-order valence-corrected chi connectivity index (χ2v) is 7.87. The van der Waals surface area contributed by atoms with Crippen molar-refractivity contribution in [3.05, 3.63) is 60.2 Å². The summed E-state index contributed by atoms with van der Waals surface area (Å²) < 4.78 is 12.8. The van der Waals surface area contributed by atoms with Gasteiger partial charge in [-0.1, -0.05) is 35.5 Å². The lowest BCUT2D eigenvalue weighted by atomic mass is 10.1. The largest absolute Gasteiger partial charge is 0.454 e. The standard InChI is InChI=1S/C22H22N4O3S/c1-4-9-26-21(16-6-8-18-19(11-16)29-13-28-18)24-25-22(26)30-12-20(27)23-17-7-5-14(2)10-15(17)3/h4-8,10-11H,1,9,12-13H2,2-3H3,(H,23,27). The highest BCUT2D eigenvalue weighted by Gasteiger charge is 2.19. The molecule has 154 valence electrons. The fourth-order valence-electron chi connectivity index (χ4n) is 3.21. The number of fused-ring (bicyclic) bond motifs is 1. The molecule has 0 saturated heterocycles. The molecule has 1 aliphatic heterocycles. The zero-order valence-electron chi connectivity index (χ0n) is 16.8. The van der Waals surface area contributed by atoms with Crippen LogP contribution in [0.4, 0.5) is 5.69 Å². The number of rotatable bonds is 7. The van der Waals surface area contributed by atoms with Crippen molar-refractivity contribution in [1.82, 2.24) is 14.8 Å². The molecule has 1 aromatic heterocycles. The third-order valence-electron chi connectivity index (χ3n) is 4.65. The van der Waals surface area contributed by atoms with E-state index in [1.54, 1.807) is 6.08 Å². The predicted octanol–water partition coefficient (Wildman–Crippen LogP) is 4.21. The summed E-state index contributed by atoms with van der Waals surface area (Å²) in [6.07, 6.45) is 1.78. The molecule has 1 N–H and O–H groups in total. The van der Waals surface area contributed by atoms with Gasteiger partial charge in [-0.3, -0.25) is 9.36 Å². The maximum absolute atomic E-state index is 12.5. The van der Waals surface area contributed by atoms with Crippen LogP contribution in [0.1, 0.15) is 11.1 Å². The average Bonchev–Trinajstić information content (AvgIpc) is 3.35. The Hall–Kier alpha value is -3.26. The van der Waals surface area contributed by atoms with Crippen LogP contribution < -0.4 is 14.8 Å². The Morgan fingerprint density at radius 2 is 2.03 bits per heavy atom. The molecule has 0 saturated carbocycles. The number of allylic oxidation sites excluding steroid dienone is 1. The Balaban J connectivity index is 1.49. The van der Waals surface area contributed by atoms with E-state index in [-0.39, 0.29) is 18.5 Å². The van der Waals surface area contributed by atoms with Crippen molar-refractivity contribution in [2.45, 2.75) is 25.5 Å². The first-order valence-corrected chi connectivity index (χ1v) is 10.5. The molecule has 1 amide bonds. The highest BCUT2D eigenvalue weighted by molar-refractivity contribution is 7.99. The first kappa shape index (κ1) is 20.0. The Morgan fingerprint density at radius 1 is 1.20 bits per heavy atom. The minimum absolute atomic E-state index is 0.0928. The molecule has 3 aromatic rings. The summed E-state index contributed by atoms with van der Waals surface area (Å²) in [5.41, 5.74) is 3.88. The van der Waals surface area contributed by atoms with Crippen LogP contribution in [0.5, 0.6) is 11.5 Å². The summed E-state index contributed by atoms with van der Waals surface area (Å²) in [5.74, 6) is 2.22. The van der Waals surface area contributed by atoms with E-state index in [1.807, 2.05) is 54.8 Å². The average molecular weight is 423 g/mol. The van der Waals surface area contributed by atoms with Gasteiger partial charge in [-0.05, 0) is 43.7 Å². The molecular weight excluding hydrogens is 400 g/mol. The summed E-state index contributed by atoms with van der Waals surface area (Å²) in [6.45, 7) is 8.58. The lowest BCUT2D eigenvalue weighted by Crippen LogP contribution is -2.15. The minimum atomic E-state index is -0.0928. The number of aryl methyl sites for hydroxylation is 2. The molecule has 0 radical (unpaired) electrons. The van der Waals surface area contributed by atoms with Crippen LogP contribution in [0, 0.1) is 13.8 Å². The van der Waals surface area contributed by atoms with Gasteiger partial charge in [0.25, 0.3) is 0 Å². The van der Waals surface area contributed by atoms with E-state index < -0.39 is 0 Å². The predicted molar refractivity (Wildman–Crippen MR) is 117 cm³/mol. The number of ether oxygens (including phenoxy) is 2. The molecular formula is C22H22N4O3S. The Morgan fingerprint density at radius 3 is 2.83 bits per heavy atom. The summed E-state index contributed by atoms with van der Waals surface area (Å²) in [5, 5.41) is 12.2. The van der Waals surface area contributed by atoms with Gasteiger partial charge in [-0.2, -0.15) is 0 Å². The Labute approximate surface area is 179 Å². The van der Waals surface area contributed by atoms with Crippen molar-refractivity contribution in [1.29, 1.82) is 0 Å². The van der Waals surface area contributed by atoms with Crippen molar-refractivity contribution in [2.75, 3.05) is 17.9 Å². The lowest BCUT2D eigenvalue weighted by Gasteiger charge is -2.10. The fraction of sp³-hybridized carbons (Fsp3) is 0.227. The van der Waals surface area contributed by atoms with Crippen LogP contribution in [0.3, 0.4) is 0 Å². The number of thioether (sulfide) groups is 1. The third kappa shape index (κ3) is 4.18. The van der Waals surface area contributed by atoms with Gasteiger partial charge in [-0.25, -0.2) is 0 Å². The van der Waals surface area contributed by atoms with Crippen LogP contribution in [-0.4, -0.2) is 33.2 Å². The van der Waals surface area contributed by atoms with E-state index in [1.165, 1.54) is 11.8 Å². The van der Waals surface area contributed by atoms with Crippen LogP contribution in [0.15, 0.2) is 54.2 Å². The molecule has 0 bridgehead atoms. The molecule has 1 aliphatic rings. The second-order valence-electron chi connectivity index (χ2n) is 6.93. The molecule has 0 unspecified atom stereocenters. The molecule has 2 aromatic carbocycles. The molecule has 8 heteroatoms. The zero-order valence-corrected chi connectivity index (χ0v) is 17.7. The Bertz CT molecular complexity index is 1110. The van der Waals surface area contributed by atoms with Gasteiger partial charge in [0.2, 0.25) is 12.7 Å². The monoisotopic (exact) mass is 422 g/mol. The molecule has 0 aliphatic carbocycles. The van der Waals surface area contributed by atoms with Gasteiger partial charge in [0, 0.05) is 17.8 Å². The number of carbonyl (C=O) groups is 1. The molecule has 0 atom stereocenters. The number of anilines is 1. The molecule has 7 nitrogen and oxygen atoms in total. The molecule has 2 heterocycles. The molecule has 0 fully saturated rings. The van der Waals surface area contributed by atoms with E-state index in [2.05, 4.69) is 22.1 Å². The number of nitrogens with one attached hydrogen (secondary N) is 1. The number of carbonyl (C=O) groups excluding carboxylic acids is 1. The number of benzene rings is 2. The highest BCUT2D eigenvalue weighted by atomic mass is 32.2. The first-order chi connectivity index (χ1) is 14.5. The van der Waals surface area contributed by atoms with E-state index >= 15 is 0 Å². The van der Waals surface area contributed by atoms with Crippen molar-refractivity contribution in [3.8, 4) is 22.9 Å². The lowest BCUT2D eigenvalue weighted by molar-refractivity contribution is -0.113. The molecule has 0 spiro atoms. The minimum Gasteiger partial charge on any atom is -0.454 e. The summed E-state index contributed by atoms with van der Waals surface area (Å²) >= 11 is 1.34. The molecule has 30 heavy (non-hydrogen) atoms. The van der Waals surface area contributed by atoms with Crippen molar-refractivity contribution < 1.29 is 14.3 Å². The van der Waals surface area contributed by atoms with Crippen LogP contribution in [-0.2, 0) is 11.3 Å². The van der Waals surface area contributed by atoms with Gasteiger partial charge in [0.05, 0.1) is 5.75 Å². The zero-order chi connectivity index (χ0) is 21.1. The normalized spacial score (nSPS) is 12.1. The van der Waals surface area contributed by atoms with Crippen molar-refractivity contribution >= 4 is 23.4 Å². The second kappa shape index (κ2) is 8.62. The number of hydrogen-bond donors (Lipinski definition) is 1.